The van der Waals surface area contributed by atoms with Crippen molar-refractivity contribution in [2.75, 3.05) is 0 Å². The maximum absolute atomic E-state index is 13.5. The SMILES string of the molecule is Fc1cc(F)cc(Cn2ccnc2-c2cc(F)cc(Br)c2)c1. The zero-order valence-corrected chi connectivity index (χ0v) is 12.8. The quantitative estimate of drug-likeness (QED) is 0.652. The molecular formula is C16H10BrF3N2. The van der Waals surface area contributed by atoms with Crippen molar-refractivity contribution in [3.8, 4) is 11.4 Å². The summed E-state index contributed by atoms with van der Waals surface area (Å²) < 4.78 is 42.3. The second-order valence-corrected chi connectivity index (χ2v) is 5.73. The molecule has 0 atom stereocenters. The molecule has 22 heavy (non-hydrogen) atoms. The highest BCUT2D eigenvalue weighted by Gasteiger charge is 2.10. The summed E-state index contributed by atoms with van der Waals surface area (Å²) in [5.41, 5.74) is 1.04. The van der Waals surface area contributed by atoms with Gasteiger partial charge in [0.15, 0.2) is 0 Å². The van der Waals surface area contributed by atoms with Gasteiger partial charge in [-0.2, -0.15) is 0 Å². The predicted octanol–water partition coefficient (Wildman–Crippen LogP) is 4.78. The van der Waals surface area contributed by atoms with E-state index in [0.29, 0.717) is 21.4 Å². The monoisotopic (exact) mass is 366 g/mol. The van der Waals surface area contributed by atoms with Gasteiger partial charge in [-0.3, -0.25) is 0 Å². The maximum Gasteiger partial charge on any atom is 0.140 e. The van der Waals surface area contributed by atoms with Crippen molar-refractivity contribution in [2.24, 2.45) is 0 Å². The Labute approximate surface area is 133 Å². The summed E-state index contributed by atoms with van der Waals surface area (Å²) in [4.78, 5) is 4.20. The summed E-state index contributed by atoms with van der Waals surface area (Å²) in [5, 5.41) is 0. The summed E-state index contributed by atoms with van der Waals surface area (Å²) in [6, 6.07) is 7.77. The third kappa shape index (κ3) is 3.22. The van der Waals surface area contributed by atoms with Crippen LogP contribution in [0.1, 0.15) is 5.56 Å². The van der Waals surface area contributed by atoms with Crippen LogP contribution in [0.25, 0.3) is 11.4 Å². The van der Waals surface area contributed by atoms with Crippen LogP contribution in [0.2, 0.25) is 0 Å². The number of rotatable bonds is 3. The van der Waals surface area contributed by atoms with E-state index in [4.69, 9.17) is 0 Å². The van der Waals surface area contributed by atoms with Crippen LogP contribution in [0.3, 0.4) is 0 Å². The van der Waals surface area contributed by atoms with E-state index >= 15 is 0 Å². The van der Waals surface area contributed by atoms with E-state index in [1.54, 1.807) is 23.0 Å². The molecule has 0 saturated carbocycles. The minimum atomic E-state index is -0.634. The van der Waals surface area contributed by atoms with E-state index in [2.05, 4.69) is 20.9 Å². The fraction of sp³-hybridized carbons (Fsp3) is 0.0625. The number of benzene rings is 2. The van der Waals surface area contributed by atoms with Crippen LogP contribution in [0, 0.1) is 17.5 Å². The second kappa shape index (κ2) is 5.96. The van der Waals surface area contributed by atoms with Gasteiger partial charge in [0.1, 0.15) is 23.3 Å². The van der Waals surface area contributed by atoms with Crippen LogP contribution in [0.4, 0.5) is 13.2 Å². The van der Waals surface area contributed by atoms with Crippen LogP contribution in [-0.4, -0.2) is 9.55 Å². The lowest BCUT2D eigenvalue weighted by Crippen LogP contribution is -2.02. The van der Waals surface area contributed by atoms with Gasteiger partial charge in [-0.25, -0.2) is 18.2 Å². The smallest absolute Gasteiger partial charge is 0.140 e. The molecule has 2 nitrogen and oxygen atoms in total. The summed E-state index contributed by atoms with van der Waals surface area (Å²) in [7, 11) is 0. The maximum atomic E-state index is 13.5. The first-order valence-corrected chi connectivity index (χ1v) is 7.23. The molecular weight excluding hydrogens is 357 g/mol. The first-order valence-electron chi connectivity index (χ1n) is 6.44. The Morgan fingerprint density at radius 1 is 0.909 bits per heavy atom. The number of aromatic nitrogens is 2. The zero-order chi connectivity index (χ0) is 15.7. The third-order valence-corrected chi connectivity index (χ3v) is 3.57. The summed E-state index contributed by atoms with van der Waals surface area (Å²) in [6.45, 7) is 0.234. The molecule has 0 aliphatic rings. The van der Waals surface area contributed by atoms with Crippen LogP contribution >= 0.6 is 15.9 Å². The molecule has 112 valence electrons. The van der Waals surface area contributed by atoms with Gasteiger partial charge in [0.25, 0.3) is 0 Å². The molecule has 0 unspecified atom stereocenters. The Balaban J connectivity index is 1.98. The predicted molar refractivity (Wildman–Crippen MR) is 80.8 cm³/mol. The van der Waals surface area contributed by atoms with Crippen molar-refractivity contribution < 1.29 is 13.2 Å². The largest absolute Gasteiger partial charge is 0.327 e. The fourth-order valence-corrected chi connectivity index (χ4v) is 2.74. The minimum Gasteiger partial charge on any atom is -0.327 e. The van der Waals surface area contributed by atoms with Crippen molar-refractivity contribution in [1.29, 1.82) is 0 Å². The van der Waals surface area contributed by atoms with E-state index in [1.165, 1.54) is 24.3 Å². The van der Waals surface area contributed by atoms with E-state index in [1.807, 2.05) is 0 Å². The number of hydrogen-bond acceptors (Lipinski definition) is 1. The fourth-order valence-electron chi connectivity index (χ4n) is 2.28. The average molecular weight is 367 g/mol. The standard InChI is InChI=1S/C16H10BrF3N2/c17-12-5-11(6-15(20)7-12)16-21-1-2-22(16)9-10-3-13(18)8-14(19)4-10/h1-8H,9H2. The first-order chi connectivity index (χ1) is 10.5. The normalized spacial score (nSPS) is 10.9. The molecule has 0 spiro atoms. The van der Waals surface area contributed by atoms with E-state index in [-0.39, 0.29) is 6.54 Å². The van der Waals surface area contributed by atoms with Gasteiger partial charge in [-0.05, 0) is 35.9 Å². The number of hydrogen-bond donors (Lipinski definition) is 0. The van der Waals surface area contributed by atoms with Crippen LogP contribution in [0.5, 0.6) is 0 Å². The van der Waals surface area contributed by atoms with Crippen LogP contribution < -0.4 is 0 Å². The van der Waals surface area contributed by atoms with Crippen molar-refractivity contribution in [3.05, 3.63) is 76.3 Å². The Bertz CT molecular complexity index is 790. The van der Waals surface area contributed by atoms with Crippen LogP contribution in [0.15, 0.2) is 53.3 Å². The number of nitrogens with zero attached hydrogens (tertiary/aromatic N) is 2. The highest BCUT2D eigenvalue weighted by molar-refractivity contribution is 9.10. The van der Waals surface area contributed by atoms with E-state index < -0.39 is 17.5 Å². The topological polar surface area (TPSA) is 17.8 Å². The van der Waals surface area contributed by atoms with Crippen molar-refractivity contribution in [3.63, 3.8) is 0 Å². The number of imidazole rings is 1. The van der Waals surface area contributed by atoms with Gasteiger partial charge < -0.3 is 4.57 Å². The molecule has 0 N–H and O–H groups in total. The highest BCUT2D eigenvalue weighted by atomic mass is 79.9. The Kier molecular flexibility index (Phi) is 4.02. The second-order valence-electron chi connectivity index (χ2n) is 4.81. The third-order valence-electron chi connectivity index (χ3n) is 3.11. The lowest BCUT2D eigenvalue weighted by Gasteiger charge is -2.09. The molecule has 2 aromatic carbocycles. The van der Waals surface area contributed by atoms with Gasteiger partial charge in [0.05, 0.1) is 0 Å². The van der Waals surface area contributed by atoms with Gasteiger partial charge in [-0.15, -0.1) is 0 Å². The van der Waals surface area contributed by atoms with Crippen molar-refractivity contribution >= 4 is 15.9 Å². The molecule has 0 aliphatic heterocycles. The molecule has 6 heteroatoms. The van der Waals surface area contributed by atoms with Crippen molar-refractivity contribution in [2.45, 2.75) is 6.54 Å². The number of halogens is 4. The van der Waals surface area contributed by atoms with E-state index in [0.717, 1.165) is 6.07 Å². The van der Waals surface area contributed by atoms with Gasteiger partial charge in [-0.1, -0.05) is 15.9 Å². The molecule has 0 bridgehead atoms. The minimum absolute atomic E-state index is 0.234. The molecule has 0 saturated heterocycles. The Morgan fingerprint density at radius 3 is 2.27 bits per heavy atom. The first kappa shape index (κ1) is 14.8. The zero-order valence-electron chi connectivity index (χ0n) is 11.2. The van der Waals surface area contributed by atoms with Crippen LogP contribution in [-0.2, 0) is 6.54 Å². The molecule has 0 radical (unpaired) electrons. The summed E-state index contributed by atoms with van der Waals surface area (Å²) >= 11 is 3.23. The highest BCUT2D eigenvalue weighted by Crippen LogP contribution is 2.24. The molecule has 0 fully saturated rings. The van der Waals surface area contributed by atoms with Gasteiger partial charge in [0, 0.05) is 35.0 Å². The Hall–Kier alpha value is -2.08. The average Bonchev–Trinajstić information content (AvgIpc) is 2.84. The molecule has 1 aromatic heterocycles. The summed E-state index contributed by atoms with van der Waals surface area (Å²) in [5.74, 6) is -1.14. The van der Waals surface area contributed by atoms with Gasteiger partial charge in [0.2, 0.25) is 0 Å². The Morgan fingerprint density at radius 2 is 1.59 bits per heavy atom. The molecule has 0 aliphatic carbocycles. The molecule has 3 aromatic rings. The van der Waals surface area contributed by atoms with Gasteiger partial charge >= 0.3 is 0 Å². The molecule has 3 rings (SSSR count). The summed E-state index contributed by atoms with van der Waals surface area (Å²) in [6.07, 6.45) is 3.24. The lowest BCUT2D eigenvalue weighted by molar-refractivity contribution is 0.577. The lowest BCUT2D eigenvalue weighted by atomic mass is 10.2. The van der Waals surface area contributed by atoms with Crippen molar-refractivity contribution in [1.82, 2.24) is 9.55 Å². The van der Waals surface area contributed by atoms with E-state index in [9.17, 15) is 13.2 Å². The molecule has 0 amide bonds. The molecule has 1 heterocycles.